The van der Waals surface area contributed by atoms with E-state index in [2.05, 4.69) is 5.32 Å². The first kappa shape index (κ1) is 19.4. The molecule has 1 unspecified atom stereocenters. The predicted molar refractivity (Wildman–Crippen MR) is 76.4 cm³/mol. The van der Waals surface area contributed by atoms with Gasteiger partial charge >= 0.3 is 5.97 Å². The van der Waals surface area contributed by atoms with E-state index >= 15 is 0 Å². The Morgan fingerprint density at radius 1 is 1.19 bits per heavy atom. The van der Waals surface area contributed by atoms with Crippen LogP contribution in [-0.2, 0) is 24.2 Å². The number of rotatable bonds is 8. The van der Waals surface area contributed by atoms with E-state index in [1.165, 1.54) is 27.7 Å². The molecule has 122 valence electrons. The van der Waals surface area contributed by atoms with E-state index in [4.69, 9.17) is 5.11 Å². The smallest absolute Gasteiger partial charge is 0.326 e. The minimum absolute atomic E-state index is 0.0560. The number of amides is 2. The van der Waals surface area contributed by atoms with Crippen LogP contribution in [0.3, 0.4) is 0 Å². The molecule has 0 bridgehead atoms. The molecule has 0 aliphatic rings. The van der Waals surface area contributed by atoms with Crippen LogP contribution in [-0.4, -0.2) is 66.3 Å². The zero-order valence-electron chi connectivity index (χ0n) is 12.6. The summed E-state index contributed by atoms with van der Waals surface area (Å²) in [6, 6.07) is -1.17. The number of nitrogens with one attached hydrogen (secondary N) is 1. The van der Waals surface area contributed by atoms with Crippen LogP contribution < -0.4 is 5.32 Å². The van der Waals surface area contributed by atoms with Crippen LogP contribution in [0.15, 0.2) is 0 Å². The van der Waals surface area contributed by atoms with Gasteiger partial charge in [-0.3, -0.25) is 9.59 Å². The maximum atomic E-state index is 12.1. The summed E-state index contributed by atoms with van der Waals surface area (Å²) in [4.78, 5) is 34.8. The molecule has 0 spiro atoms. The third-order valence-corrected chi connectivity index (χ3v) is 5.00. The maximum absolute atomic E-state index is 12.1. The summed E-state index contributed by atoms with van der Waals surface area (Å²) < 4.78 is 23.5. The zero-order chi connectivity index (χ0) is 16.8. The van der Waals surface area contributed by atoms with Gasteiger partial charge in [0, 0.05) is 20.0 Å². The van der Waals surface area contributed by atoms with Gasteiger partial charge in [0.1, 0.15) is 11.8 Å². The number of carboxylic acids is 1. The lowest BCUT2D eigenvalue weighted by Gasteiger charge is -2.26. The Hall–Kier alpha value is -1.64. The lowest BCUT2D eigenvalue weighted by atomic mass is 10.2. The van der Waals surface area contributed by atoms with Crippen molar-refractivity contribution in [2.24, 2.45) is 0 Å². The van der Waals surface area contributed by atoms with Gasteiger partial charge < -0.3 is 15.3 Å². The third-order valence-electron chi connectivity index (χ3n) is 2.91. The van der Waals surface area contributed by atoms with Crippen LogP contribution in [0.25, 0.3) is 0 Å². The Bertz CT molecular complexity index is 500. The highest BCUT2D eigenvalue weighted by Crippen LogP contribution is 2.06. The highest BCUT2D eigenvalue weighted by Gasteiger charge is 2.29. The molecule has 9 heteroatoms. The van der Waals surface area contributed by atoms with Gasteiger partial charge in [0.05, 0.1) is 5.25 Å². The van der Waals surface area contributed by atoms with Crippen molar-refractivity contribution in [1.29, 1.82) is 0 Å². The molecule has 0 aliphatic carbocycles. The fourth-order valence-electron chi connectivity index (χ4n) is 1.44. The first-order chi connectivity index (χ1) is 9.49. The molecule has 0 saturated carbocycles. The van der Waals surface area contributed by atoms with E-state index in [1.54, 1.807) is 0 Å². The van der Waals surface area contributed by atoms with E-state index in [0.29, 0.717) is 0 Å². The quantitative estimate of drug-likeness (QED) is 0.606. The molecule has 21 heavy (non-hydrogen) atoms. The van der Waals surface area contributed by atoms with E-state index in [9.17, 15) is 22.8 Å². The predicted octanol–water partition coefficient (Wildman–Crippen LogP) is -0.753. The molecule has 8 nitrogen and oxygen atoms in total. The number of carbonyl (C=O) groups excluding carboxylic acids is 2. The molecule has 2 amide bonds. The van der Waals surface area contributed by atoms with Crippen molar-refractivity contribution >= 4 is 27.6 Å². The molecule has 0 aliphatic heterocycles. The van der Waals surface area contributed by atoms with Crippen LogP contribution in [0, 0.1) is 0 Å². The Morgan fingerprint density at radius 2 is 1.71 bits per heavy atom. The zero-order valence-corrected chi connectivity index (χ0v) is 13.4. The summed E-state index contributed by atoms with van der Waals surface area (Å²) in [6.07, 6.45) is 0. The summed E-state index contributed by atoms with van der Waals surface area (Å²) in [5, 5.41) is 10.7. The third kappa shape index (κ3) is 6.56. The van der Waals surface area contributed by atoms with Crippen molar-refractivity contribution in [2.75, 3.05) is 18.8 Å². The van der Waals surface area contributed by atoms with Gasteiger partial charge in [-0.25, -0.2) is 13.2 Å². The lowest BCUT2D eigenvalue weighted by Crippen LogP contribution is -2.49. The van der Waals surface area contributed by atoms with Crippen LogP contribution >= 0.6 is 0 Å². The highest BCUT2D eigenvalue weighted by atomic mass is 32.2. The number of carbonyl (C=O) groups is 3. The van der Waals surface area contributed by atoms with Crippen molar-refractivity contribution in [3.05, 3.63) is 0 Å². The molecule has 0 rings (SSSR count). The first-order valence-electron chi connectivity index (χ1n) is 6.47. The van der Waals surface area contributed by atoms with Crippen LogP contribution in [0.1, 0.15) is 27.7 Å². The molecule has 0 radical (unpaired) electrons. The minimum atomic E-state index is -3.61. The van der Waals surface area contributed by atoms with Gasteiger partial charge in [-0.15, -0.1) is 0 Å². The average molecular weight is 322 g/mol. The molecule has 1 atom stereocenters. The summed E-state index contributed by atoms with van der Waals surface area (Å²) in [5.74, 6) is -3.10. The highest BCUT2D eigenvalue weighted by molar-refractivity contribution is 7.92. The normalized spacial score (nSPS) is 12.8. The summed E-state index contributed by atoms with van der Waals surface area (Å²) in [5.41, 5.74) is 0. The van der Waals surface area contributed by atoms with Gasteiger partial charge in [-0.1, -0.05) is 0 Å². The summed E-state index contributed by atoms with van der Waals surface area (Å²) in [7, 11) is -3.61. The van der Waals surface area contributed by atoms with Crippen molar-refractivity contribution < 1.29 is 27.9 Å². The number of nitrogens with zero attached hydrogens (tertiary/aromatic N) is 1. The van der Waals surface area contributed by atoms with E-state index in [0.717, 1.165) is 4.90 Å². The van der Waals surface area contributed by atoms with Crippen molar-refractivity contribution in [3.8, 4) is 0 Å². The lowest BCUT2D eigenvalue weighted by molar-refractivity contribution is -0.148. The molecular weight excluding hydrogens is 300 g/mol. The van der Waals surface area contributed by atoms with Crippen LogP contribution in [0.5, 0.6) is 0 Å². The van der Waals surface area contributed by atoms with Gasteiger partial charge in [0.25, 0.3) is 0 Å². The maximum Gasteiger partial charge on any atom is 0.326 e. The molecule has 0 aromatic heterocycles. The second-order valence-electron chi connectivity index (χ2n) is 4.94. The Kier molecular flexibility index (Phi) is 7.34. The van der Waals surface area contributed by atoms with Gasteiger partial charge in [-0.2, -0.15) is 0 Å². The number of hydrogen-bond donors (Lipinski definition) is 2. The first-order valence-corrected chi connectivity index (χ1v) is 8.18. The fourth-order valence-corrected chi connectivity index (χ4v) is 2.29. The Balaban J connectivity index is 4.99. The van der Waals surface area contributed by atoms with Crippen molar-refractivity contribution in [3.63, 3.8) is 0 Å². The fraction of sp³-hybridized carbons (Fsp3) is 0.750. The molecule has 0 saturated heterocycles. The van der Waals surface area contributed by atoms with E-state index < -0.39 is 38.8 Å². The number of aliphatic carboxylic acids is 1. The summed E-state index contributed by atoms with van der Waals surface area (Å²) >= 11 is 0. The second-order valence-corrected chi connectivity index (χ2v) is 7.50. The summed E-state index contributed by atoms with van der Waals surface area (Å²) in [6.45, 7) is 5.46. The van der Waals surface area contributed by atoms with Gasteiger partial charge in [-0.05, 0) is 20.8 Å². The largest absolute Gasteiger partial charge is 0.480 e. The number of hydrogen-bond acceptors (Lipinski definition) is 5. The molecule has 0 fully saturated rings. The van der Waals surface area contributed by atoms with Gasteiger partial charge in [0.15, 0.2) is 9.84 Å². The molecule has 0 aromatic carbocycles. The van der Waals surface area contributed by atoms with Crippen LogP contribution in [0.4, 0.5) is 0 Å². The second kappa shape index (κ2) is 7.96. The molecular formula is C12H22N2O6S. The Labute approximate surface area is 124 Å². The Morgan fingerprint density at radius 3 is 2.10 bits per heavy atom. The van der Waals surface area contributed by atoms with E-state index in [1.807, 2.05) is 0 Å². The van der Waals surface area contributed by atoms with Gasteiger partial charge in [0.2, 0.25) is 11.8 Å². The topological polar surface area (TPSA) is 121 Å². The average Bonchev–Trinajstić information content (AvgIpc) is 2.32. The monoisotopic (exact) mass is 322 g/mol. The van der Waals surface area contributed by atoms with Crippen molar-refractivity contribution in [1.82, 2.24) is 10.2 Å². The minimum Gasteiger partial charge on any atom is -0.480 e. The van der Waals surface area contributed by atoms with E-state index in [-0.39, 0.29) is 19.0 Å². The van der Waals surface area contributed by atoms with Crippen molar-refractivity contribution in [2.45, 2.75) is 39.0 Å². The standard InChI is InChI=1S/C12H22N2O6S/c1-8(2)21(19,20)7-11(16)14(9(3)12(17)18)6-5-13-10(4)15/h8-9H,5-7H2,1-4H3,(H,13,15)(H,17,18). The number of carboxylic acid groups (broad SMARTS) is 1. The number of sulfone groups is 1. The molecule has 2 N–H and O–H groups in total. The molecule has 0 heterocycles. The van der Waals surface area contributed by atoms with Crippen LogP contribution in [0.2, 0.25) is 0 Å². The molecule has 0 aromatic rings. The SMILES string of the molecule is CC(=O)NCCN(C(=O)CS(=O)(=O)C(C)C)C(C)C(=O)O.